The molecule has 3 heteroatoms. The molecule has 13 unspecified atom stereocenters. The zero-order chi connectivity index (χ0) is 36.0. The molecule has 8 aliphatic rings. The Hall–Kier alpha value is -2.62. The number of rotatable bonds is 3. The minimum Gasteiger partial charge on any atom is -0.369 e. The second-order valence-electron chi connectivity index (χ2n) is 20.0. The van der Waals surface area contributed by atoms with Crippen molar-refractivity contribution in [2.24, 2.45) is 47.3 Å². The van der Waals surface area contributed by atoms with Crippen molar-refractivity contribution in [3.63, 3.8) is 0 Å². The normalized spacial score (nSPS) is 40.4. The first kappa shape index (κ1) is 34.6. The predicted molar refractivity (Wildman–Crippen MR) is 220 cm³/mol. The summed E-state index contributed by atoms with van der Waals surface area (Å²) in [4.78, 5) is 2.71. The topological polar surface area (TPSA) is 21.7 Å². The lowest BCUT2D eigenvalue weighted by Crippen LogP contribution is -2.64. The third-order valence-electron chi connectivity index (χ3n) is 17.4. The van der Waals surface area contributed by atoms with E-state index < -0.39 is 0 Å². The molecule has 0 amide bonds. The maximum absolute atomic E-state index is 7.81. The average molecular weight is 724 g/mol. The van der Waals surface area contributed by atoms with Crippen LogP contribution in [0.3, 0.4) is 0 Å². The third kappa shape index (κ3) is 5.39. The van der Waals surface area contributed by atoms with Gasteiger partial charge in [0.05, 0.1) is 24.4 Å². The minimum atomic E-state index is -0.0285. The molecule has 7 fully saturated rings. The van der Waals surface area contributed by atoms with Crippen LogP contribution in [0.25, 0.3) is 11.1 Å². The zero-order valence-corrected chi connectivity index (χ0v) is 33.2. The fourth-order valence-corrected chi connectivity index (χ4v) is 15.4. The van der Waals surface area contributed by atoms with Crippen LogP contribution in [0.4, 0.5) is 11.4 Å². The van der Waals surface area contributed by atoms with Crippen LogP contribution in [0, 0.1) is 47.3 Å². The van der Waals surface area contributed by atoms with Crippen LogP contribution < -0.4 is 4.90 Å². The first-order chi connectivity index (χ1) is 26.6. The van der Waals surface area contributed by atoms with E-state index in [9.17, 15) is 0 Å². The number of ether oxygens (including phenoxy) is 2. The maximum atomic E-state index is 7.81. The van der Waals surface area contributed by atoms with Gasteiger partial charge in [0.25, 0.3) is 0 Å². The molecular formula is C51H65NO2. The number of hydrogen-bond donors (Lipinski definition) is 0. The lowest BCUT2D eigenvalue weighted by molar-refractivity contribution is -0.279. The van der Waals surface area contributed by atoms with Crippen molar-refractivity contribution in [3.8, 4) is 11.1 Å². The highest BCUT2D eigenvalue weighted by Crippen LogP contribution is 2.62. The Balaban J connectivity index is 0.966. The molecule has 3 aromatic carbocycles. The van der Waals surface area contributed by atoms with E-state index in [1.165, 1.54) is 130 Å². The van der Waals surface area contributed by atoms with Crippen molar-refractivity contribution in [1.29, 1.82) is 0 Å². The number of benzene rings is 3. The number of fused-ring (bicyclic) bond motifs is 14. The van der Waals surface area contributed by atoms with E-state index in [-0.39, 0.29) is 35.9 Å². The molecular weight excluding hydrogens is 659 g/mol. The average Bonchev–Trinajstić information content (AvgIpc) is 3.46. The second kappa shape index (κ2) is 13.8. The molecule has 6 saturated carbocycles. The van der Waals surface area contributed by atoms with Gasteiger partial charge >= 0.3 is 0 Å². The van der Waals surface area contributed by atoms with Gasteiger partial charge in [-0.15, -0.1) is 0 Å². The highest BCUT2D eigenvalue weighted by atomic mass is 16.6. The molecule has 0 radical (unpaired) electrons. The minimum absolute atomic E-state index is 0.0285. The molecule has 3 aromatic rings. The van der Waals surface area contributed by atoms with Crippen LogP contribution in [0.2, 0.25) is 0 Å². The summed E-state index contributed by atoms with van der Waals surface area (Å²) < 4.78 is 15.5. The van der Waals surface area contributed by atoms with E-state index >= 15 is 0 Å². The molecule has 11 rings (SSSR count). The highest BCUT2D eigenvalue weighted by Gasteiger charge is 2.59. The van der Waals surface area contributed by atoms with Gasteiger partial charge in [0.1, 0.15) is 6.10 Å². The molecule has 7 aliphatic carbocycles. The standard InChI is InChI=1S/C51H65NO2/c1-51(2)41-25-13-12-24-40(41)48-42(51)26-14-27-43(48)52(32-16-4-3-5-17-32)44-28-15-29-45-49(44)53-46-31-30-39-37-22-9-8-20-35(37)33-18-6-7-19-34(33)36-21-10-11-23-38(36)47(39)50(46)54-45/h3-5,12-14,16-17,24-27,33-39,44-47,49-50H,6-11,15,18-23,28-31H2,1-2H3. The quantitative estimate of drug-likeness (QED) is 0.251. The third-order valence-corrected chi connectivity index (χ3v) is 17.4. The summed E-state index contributed by atoms with van der Waals surface area (Å²) in [5.41, 5.74) is 8.29. The first-order valence-electron chi connectivity index (χ1n) is 23.0. The van der Waals surface area contributed by atoms with Crippen LogP contribution in [-0.4, -0.2) is 30.5 Å². The Morgan fingerprint density at radius 3 is 1.74 bits per heavy atom. The molecule has 54 heavy (non-hydrogen) atoms. The van der Waals surface area contributed by atoms with Crippen LogP contribution in [0.1, 0.15) is 134 Å². The Kier molecular flexibility index (Phi) is 8.84. The van der Waals surface area contributed by atoms with Gasteiger partial charge in [-0.3, -0.25) is 0 Å². The fraction of sp³-hybridized carbons (Fsp3) is 0.647. The molecule has 1 saturated heterocycles. The number of hydrogen-bond acceptors (Lipinski definition) is 3. The SMILES string of the molecule is CC1(C)c2ccccc2-c2c(N(c3ccccc3)C3CCCC4OC5C(CCC6C7CCCCC7C7CCCCC7C7CCCCC7C65)OC43)cccc21. The van der Waals surface area contributed by atoms with E-state index in [0.29, 0.717) is 5.92 Å². The van der Waals surface area contributed by atoms with Gasteiger partial charge in [-0.2, -0.15) is 0 Å². The summed E-state index contributed by atoms with van der Waals surface area (Å²) in [6.07, 6.45) is 24.7. The molecule has 1 heterocycles. The summed E-state index contributed by atoms with van der Waals surface area (Å²) in [7, 11) is 0. The molecule has 286 valence electrons. The maximum Gasteiger partial charge on any atom is 0.105 e. The van der Waals surface area contributed by atoms with Crippen LogP contribution in [0.5, 0.6) is 0 Å². The van der Waals surface area contributed by atoms with Gasteiger partial charge in [-0.05, 0) is 153 Å². The van der Waals surface area contributed by atoms with Crippen LogP contribution in [0.15, 0.2) is 72.8 Å². The van der Waals surface area contributed by atoms with Gasteiger partial charge in [0.15, 0.2) is 0 Å². The van der Waals surface area contributed by atoms with Crippen molar-refractivity contribution < 1.29 is 9.47 Å². The molecule has 0 N–H and O–H groups in total. The van der Waals surface area contributed by atoms with Gasteiger partial charge in [-0.25, -0.2) is 0 Å². The molecule has 1 aliphatic heterocycles. The summed E-state index contributed by atoms with van der Waals surface area (Å²) in [6, 6.07) is 27.8. The first-order valence-corrected chi connectivity index (χ1v) is 23.0. The van der Waals surface area contributed by atoms with Crippen LogP contribution in [-0.2, 0) is 14.9 Å². The smallest absolute Gasteiger partial charge is 0.105 e. The molecule has 0 bridgehead atoms. The van der Waals surface area contributed by atoms with E-state index in [0.717, 1.165) is 54.3 Å². The Morgan fingerprint density at radius 2 is 1.04 bits per heavy atom. The summed E-state index contributed by atoms with van der Waals surface area (Å²) in [5, 5.41) is 0. The molecule has 3 nitrogen and oxygen atoms in total. The highest BCUT2D eigenvalue weighted by molar-refractivity contribution is 5.92. The van der Waals surface area contributed by atoms with Gasteiger partial charge < -0.3 is 14.4 Å². The van der Waals surface area contributed by atoms with E-state index in [1.54, 1.807) is 0 Å². The van der Waals surface area contributed by atoms with E-state index in [1.807, 2.05) is 0 Å². The lowest BCUT2D eigenvalue weighted by Gasteiger charge is -2.61. The van der Waals surface area contributed by atoms with Gasteiger partial charge in [0.2, 0.25) is 0 Å². The van der Waals surface area contributed by atoms with Crippen molar-refractivity contribution in [2.75, 3.05) is 4.90 Å². The zero-order valence-electron chi connectivity index (χ0n) is 33.2. The fourth-order valence-electron chi connectivity index (χ4n) is 15.4. The Bertz CT molecular complexity index is 1790. The second-order valence-corrected chi connectivity index (χ2v) is 20.0. The van der Waals surface area contributed by atoms with Crippen molar-refractivity contribution in [1.82, 2.24) is 0 Å². The Morgan fingerprint density at radius 1 is 0.481 bits per heavy atom. The van der Waals surface area contributed by atoms with Gasteiger partial charge in [-0.1, -0.05) is 107 Å². The summed E-state index contributed by atoms with van der Waals surface area (Å²) in [5.74, 6) is 7.23. The number of para-hydroxylation sites is 1. The number of anilines is 2. The number of nitrogens with zero attached hydrogens (tertiary/aromatic N) is 1. The van der Waals surface area contributed by atoms with Crippen molar-refractivity contribution >= 4 is 11.4 Å². The lowest BCUT2D eigenvalue weighted by atomic mass is 9.47. The van der Waals surface area contributed by atoms with Gasteiger partial charge in [0, 0.05) is 22.4 Å². The van der Waals surface area contributed by atoms with Crippen molar-refractivity contribution in [2.45, 2.75) is 159 Å². The van der Waals surface area contributed by atoms with E-state index in [4.69, 9.17) is 9.47 Å². The monoisotopic (exact) mass is 724 g/mol. The largest absolute Gasteiger partial charge is 0.369 e. The molecule has 0 spiro atoms. The molecule has 13 atom stereocenters. The predicted octanol–water partition coefficient (Wildman–Crippen LogP) is 12.7. The molecule has 0 aromatic heterocycles. The Labute approximate surface area is 326 Å². The summed E-state index contributed by atoms with van der Waals surface area (Å²) >= 11 is 0. The van der Waals surface area contributed by atoms with Crippen molar-refractivity contribution in [3.05, 3.63) is 83.9 Å². The van der Waals surface area contributed by atoms with E-state index in [2.05, 4.69) is 91.5 Å². The van der Waals surface area contributed by atoms with Crippen LogP contribution >= 0.6 is 0 Å². The summed E-state index contributed by atoms with van der Waals surface area (Å²) in [6.45, 7) is 4.82.